The number of nitrogens with one attached hydrogen (secondary N) is 1. The lowest BCUT2D eigenvalue weighted by Crippen LogP contribution is -2.43. The molecule has 0 aliphatic carbocycles. The van der Waals surface area contributed by atoms with E-state index < -0.39 is 16.1 Å². The van der Waals surface area contributed by atoms with E-state index in [0.717, 1.165) is 10.5 Å². The molecule has 0 bridgehead atoms. The van der Waals surface area contributed by atoms with Gasteiger partial charge in [-0.25, -0.2) is 17.9 Å². The van der Waals surface area contributed by atoms with E-state index in [-0.39, 0.29) is 23.8 Å². The Bertz CT molecular complexity index is 607. The maximum Gasteiger partial charge on any atom is 0.337 e. The smallest absolute Gasteiger partial charge is 0.274 e. The minimum atomic E-state index is -3.93. The molecule has 1 saturated heterocycles. The Morgan fingerprint density at radius 3 is 2.42 bits per heavy atom. The van der Waals surface area contributed by atoms with Crippen molar-refractivity contribution < 1.29 is 18.0 Å². The average molecular weight is 282 g/mol. The van der Waals surface area contributed by atoms with Crippen molar-refractivity contribution in [3.05, 3.63) is 29.8 Å². The molecule has 0 saturated carbocycles. The number of benzene rings is 1. The molecule has 7 heteroatoms. The summed E-state index contributed by atoms with van der Waals surface area (Å²) in [6.07, 6.45) is 0.842. The molecule has 102 valence electrons. The summed E-state index contributed by atoms with van der Waals surface area (Å²) in [5, 5.41) is 0. The van der Waals surface area contributed by atoms with Gasteiger partial charge in [0.05, 0.1) is 4.90 Å². The molecule has 1 aliphatic heterocycles. The number of imide groups is 1. The Kier molecular flexibility index (Phi) is 3.57. The molecule has 1 fully saturated rings. The van der Waals surface area contributed by atoms with E-state index in [1.54, 1.807) is 12.1 Å². The largest absolute Gasteiger partial charge is 0.337 e. The van der Waals surface area contributed by atoms with E-state index in [1.807, 2.05) is 11.6 Å². The highest BCUT2D eigenvalue weighted by molar-refractivity contribution is 7.90. The molecule has 0 radical (unpaired) electrons. The minimum Gasteiger partial charge on any atom is -0.274 e. The Morgan fingerprint density at radius 1 is 1.26 bits per heavy atom. The van der Waals surface area contributed by atoms with Gasteiger partial charge in [0.2, 0.25) is 5.91 Å². The molecule has 19 heavy (non-hydrogen) atoms. The van der Waals surface area contributed by atoms with Crippen LogP contribution in [0.2, 0.25) is 0 Å². The number of amides is 3. The van der Waals surface area contributed by atoms with Crippen LogP contribution in [0, 0.1) is 6.92 Å². The quantitative estimate of drug-likeness (QED) is 0.877. The summed E-state index contributed by atoms with van der Waals surface area (Å²) < 4.78 is 25.8. The van der Waals surface area contributed by atoms with Gasteiger partial charge in [0.15, 0.2) is 0 Å². The van der Waals surface area contributed by atoms with Gasteiger partial charge in [-0.05, 0) is 25.5 Å². The van der Waals surface area contributed by atoms with E-state index in [1.165, 1.54) is 12.1 Å². The van der Waals surface area contributed by atoms with Crippen molar-refractivity contribution in [1.29, 1.82) is 0 Å². The number of urea groups is 1. The predicted molar refractivity (Wildman–Crippen MR) is 67.8 cm³/mol. The highest BCUT2D eigenvalue weighted by Gasteiger charge is 2.29. The molecule has 3 amide bonds. The average Bonchev–Trinajstić information content (AvgIpc) is 2.75. The third-order valence-electron chi connectivity index (χ3n) is 2.87. The van der Waals surface area contributed by atoms with Crippen LogP contribution in [-0.4, -0.2) is 31.8 Å². The topological polar surface area (TPSA) is 83.6 Å². The van der Waals surface area contributed by atoms with Crippen LogP contribution in [0.5, 0.6) is 0 Å². The third kappa shape index (κ3) is 2.93. The second-order valence-corrected chi connectivity index (χ2v) is 6.06. The Labute approximate surface area is 111 Å². The van der Waals surface area contributed by atoms with E-state index >= 15 is 0 Å². The fourth-order valence-corrected chi connectivity index (χ4v) is 2.76. The van der Waals surface area contributed by atoms with Crippen LogP contribution in [0.1, 0.15) is 18.4 Å². The third-order valence-corrected chi connectivity index (χ3v) is 4.21. The maximum absolute atomic E-state index is 11.9. The van der Waals surface area contributed by atoms with Crippen molar-refractivity contribution in [3.63, 3.8) is 0 Å². The van der Waals surface area contributed by atoms with Crippen LogP contribution >= 0.6 is 0 Å². The first-order valence-electron chi connectivity index (χ1n) is 5.84. The first-order chi connectivity index (χ1) is 8.90. The molecular formula is C12H14N2O4S. The number of carbonyl (C=O) groups excluding carboxylic acids is 2. The molecule has 2 rings (SSSR count). The van der Waals surface area contributed by atoms with Crippen LogP contribution in [0.3, 0.4) is 0 Å². The van der Waals surface area contributed by atoms with E-state index in [9.17, 15) is 18.0 Å². The van der Waals surface area contributed by atoms with E-state index in [2.05, 4.69) is 0 Å². The van der Waals surface area contributed by atoms with Crippen molar-refractivity contribution in [3.8, 4) is 0 Å². The number of sulfonamides is 1. The monoisotopic (exact) mass is 282 g/mol. The second kappa shape index (κ2) is 5.00. The zero-order valence-corrected chi connectivity index (χ0v) is 11.2. The molecule has 1 heterocycles. The van der Waals surface area contributed by atoms with Crippen molar-refractivity contribution in [2.45, 2.75) is 24.7 Å². The number of aryl methyl sites for hydroxylation is 1. The summed E-state index contributed by atoms with van der Waals surface area (Å²) in [6, 6.07) is 5.22. The Morgan fingerprint density at radius 2 is 1.89 bits per heavy atom. The molecule has 0 unspecified atom stereocenters. The van der Waals surface area contributed by atoms with Crippen LogP contribution in [0.25, 0.3) is 0 Å². The Hall–Kier alpha value is -1.89. The Balaban J connectivity index is 2.15. The summed E-state index contributed by atoms with van der Waals surface area (Å²) in [5.41, 5.74) is 0.917. The fourth-order valence-electron chi connectivity index (χ4n) is 1.81. The van der Waals surface area contributed by atoms with Crippen molar-refractivity contribution in [2.75, 3.05) is 6.54 Å². The van der Waals surface area contributed by atoms with Crippen LogP contribution < -0.4 is 4.72 Å². The molecule has 1 aliphatic rings. The van der Waals surface area contributed by atoms with Gasteiger partial charge in [0, 0.05) is 13.0 Å². The molecular weight excluding hydrogens is 268 g/mol. The van der Waals surface area contributed by atoms with Crippen molar-refractivity contribution >= 4 is 22.0 Å². The molecule has 0 aromatic heterocycles. The molecule has 1 aromatic rings. The van der Waals surface area contributed by atoms with Gasteiger partial charge in [-0.2, -0.15) is 0 Å². The lowest BCUT2D eigenvalue weighted by atomic mass is 10.2. The first-order valence-corrected chi connectivity index (χ1v) is 7.32. The lowest BCUT2D eigenvalue weighted by molar-refractivity contribution is -0.125. The standard InChI is InChI=1S/C12H14N2O4S/c1-9-4-6-10(7-5-9)19(17,18)13-12(16)14-8-2-3-11(14)15/h4-7H,2-3,8H2,1H3,(H,13,16). The van der Waals surface area contributed by atoms with Gasteiger partial charge in [0.25, 0.3) is 10.0 Å². The summed E-state index contributed by atoms with van der Waals surface area (Å²) in [7, 11) is -3.93. The SMILES string of the molecule is Cc1ccc(S(=O)(=O)NC(=O)N2CCCC2=O)cc1. The van der Waals surface area contributed by atoms with Gasteiger partial charge >= 0.3 is 6.03 Å². The number of hydrogen-bond acceptors (Lipinski definition) is 4. The summed E-state index contributed by atoms with van der Waals surface area (Å²) in [6.45, 7) is 2.09. The van der Waals surface area contributed by atoms with Crippen LogP contribution in [0.15, 0.2) is 29.2 Å². The molecule has 1 N–H and O–H groups in total. The normalized spacial score (nSPS) is 15.6. The van der Waals surface area contributed by atoms with Crippen molar-refractivity contribution in [2.24, 2.45) is 0 Å². The highest BCUT2D eigenvalue weighted by Crippen LogP contribution is 2.13. The van der Waals surface area contributed by atoms with Gasteiger partial charge in [-0.1, -0.05) is 17.7 Å². The fraction of sp³-hybridized carbons (Fsp3) is 0.333. The van der Waals surface area contributed by atoms with E-state index in [0.29, 0.717) is 6.42 Å². The molecule has 0 spiro atoms. The van der Waals surface area contributed by atoms with Gasteiger partial charge in [0.1, 0.15) is 0 Å². The molecule has 1 aromatic carbocycles. The summed E-state index contributed by atoms with van der Waals surface area (Å²) >= 11 is 0. The number of rotatable bonds is 2. The molecule has 6 nitrogen and oxygen atoms in total. The second-order valence-electron chi connectivity index (χ2n) is 4.37. The predicted octanol–water partition coefficient (Wildman–Crippen LogP) is 1.02. The summed E-state index contributed by atoms with van der Waals surface area (Å²) in [4.78, 5) is 24.0. The molecule has 0 atom stereocenters. The summed E-state index contributed by atoms with van der Waals surface area (Å²) in [5.74, 6) is -0.350. The maximum atomic E-state index is 11.9. The number of likely N-dealkylation sites (tertiary alicyclic amines) is 1. The van der Waals surface area contributed by atoms with Crippen LogP contribution in [0.4, 0.5) is 4.79 Å². The lowest BCUT2D eigenvalue weighted by Gasteiger charge is -2.14. The number of nitrogens with zero attached hydrogens (tertiary/aromatic N) is 1. The number of carbonyl (C=O) groups is 2. The zero-order chi connectivity index (χ0) is 14.0. The van der Waals surface area contributed by atoms with Gasteiger partial charge in [-0.3, -0.25) is 9.69 Å². The van der Waals surface area contributed by atoms with Crippen LogP contribution in [-0.2, 0) is 14.8 Å². The van der Waals surface area contributed by atoms with Gasteiger partial charge < -0.3 is 0 Å². The van der Waals surface area contributed by atoms with Crippen molar-refractivity contribution in [1.82, 2.24) is 9.62 Å². The van der Waals surface area contributed by atoms with Gasteiger partial charge in [-0.15, -0.1) is 0 Å². The first kappa shape index (κ1) is 13.5. The zero-order valence-electron chi connectivity index (χ0n) is 10.4. The van der Waals surface area contributed by atoms with E-state index in [4.69, 9.17) is 0 Å². The minimum absolute atomic E-state index is 0.00176. The number of hydrogen-bond donors (Lipinski definition) is 1. The highest BCUT2D eigenvalue weighted by atomic mass is 32.2.